The Labute approximate surface area is 162 Å². The van der Waals surface area contributed by atoms with E-state index in [4.69, 9.17) is 4.42 Å². The Morgan fingerprint density at radius 1 is 0.963 bits per heavy atom. The van der Waals surface area contributed by atoms with E-state index >= 15 is 0 Å². The van der Waals surface area contributed by atoms with Crippen LogP contribution in [0.5, 0.6) is 0 Å². The van der Waals surface area contributed by atoms with E-state index in [2.05, 4.69) is 58.7 Å². The molecule has 6 heteroatoms. The van der Waals surface area contributed by atoms with Gasteiger partial charge in [-0.2, -0.15) is 0 Å². The van der Waals surface area contributed by atoms with Gasteiger partial charge in [0.05, 0.1) is 5.75 Å². The van der Waals surface area contributed by atoms with Crippen LogP contribution in [-0.4, -0.2) is 19.7 Å². The number of thioether (sulfide) groups is 1. The number of aromatic nitrogens is 4. The summed E-state index contributed by atoms with van der Waals surface area (Å²) >= 11 is 1.58. The first kappa shape index (κ1) is 17.5. The molecule has 0 aliphatic heterocycles. The first-order chi connectivity index (χ1) is 13.1. The normalized spacial score (nSPS) is 11.1. The van der Waals surface area contributed by atoms with E-state index in [0.717, 1.165) is 16.4 Å². The van der Waals surface area contributed by atoms with Crippen molar-refractivity contribution in [2.45, 2.75) is 31.7 Å². The lowest BCUT2D eigenvalue weighted by atomic mass is 10.1. The van der Waals surface area contributed by atoms with E-state index in [9.17, 15) is 0 Å². The second-order valence-electron chi connectivity index (χ2n) is 6.50. The van der Waals surface area contributed by atoms with E-state index in [1.807, 2.05) is 36.7 Å². The monoisotopic (exact) mass is 376 g/mol. The predicted octanol–water partition coefficient (Wildman–Crippen LogP) is 5.14. The maximum absolute atomic E-state index is 5.81. The molecule has 0 aliphatic rings. The Morgan fingerprint density at radius 3 is 2.56 bits per heavy atom. The SMILES string of the molecule is Cc1ccc(-c2nnc(CSc3nccn3-c3ccc(C)c(C)c3)o2)cc1. The van der Waals surface area contributed by atoms with Gasteiger partial charge < -0.3 is 4.42 Å². The van der Waals surface area contributed by atoms with Gasteiger partial charge in [-0.05, 0) is 56.2 Å². The highest BCUT2D eigenvalue weighted by Crippen LogP contribution is 2.26. The number of aryl methyl sites for hydroxylation is 3. The van der Waals surface area contributed by atoms with E-state index in [-0.39, 0.29) is 0 Å². The van der Waals surface area contributed by atoms with Crippen LogP contribution >= 0.6 is 11.8 Å². The van der Waals surface area contributed by atoms with Crippen LogP contribution in [0.25, 0.3) is 17.1 Å². The Hall–Kier alpha value is -2.86. The summed E-state index contributed by atoms with van der Waals surface area (Å²) in [6.45, 7) is 6.29. The third kappa shape index (κ3) is 3.80. The topological polar surface area (TPSA) is 56.7 Å². The molecule has 2 heterocycles. The first-order valence-electron chi connectivity index (χ1n) is 8.73. The number of rotatable bonds is 5. The van der Waals surface area contributed by atoms with Crippen LogP contribution < -0.4 is 0 Å². The first-order valence-corrected chi connectivity index (χ1v) is 9.72. The van der Waals surface area contributed by atoms with Gasteiger partial charge in [0.15, 0.2) is 5.16 Å². The average Bonchev–Trinajstić information content (AvgIpc) is 3.32. The van der Waals surface area contributed by atoms with E-state index in [1.54, 1.807) is 11.8 Å². The van der Waals surface area contributed by atoms with Crippen LogP contribution in [0.1, 0.15) is 22.6 Å². The minimum atomic E-state index is 0.545. The zero-order valence-electron chi connectivity index (χ0n) is 15.5. The minimum Gasteiger partial charge on any atom is -0.420 e. The van der Waals surface area contributed by atoms with Gasteiger partial charge in [0, 0.05) is 23.6 Å². The molecule has 2 aromatic heterocycles. The summed E-state index contributed by atoms with van der Waals surface area (Å²) in [5, 5.41) is 9.23. The molecular formula is C21H20N4OS. The maximum Gasteiger partial charge on any atom is 0.247 e. The molecule has 0 amide bonds. The second kappa shape index (κ2) is 7.40. The summed E-state index contributed by atoms with van der Waals surface area (Å²) in [7, 11) is 0. The Bertz CT molecular complexity index is 1070. The van der Waals surface area contributed by atoms with Crippen LogP contribution in [0.3, 0.4) is 0 Å². The fraction of sp³-hybridized carbons (Fsp3) is 0.190. The van der Waals surface area contributed by atoms with Crippen molar-refractivity contribution >= 4 is 11.8 Å². The van der Waals surface area contributed by atoms with E-state index in [1.165, 1.54) is 16.7 Å². The Balaban J connectivity index is 1.49. The summed E-state index contributed by atoms with van der Waals surface area (Å²) in [4.78, 5) is 4.47. The highest BCUT2D eigenvalue weighted by atomic mass is 32.2. The molecule has 27 heavy (non-hydrogen) atoms. The third-order valence-electron chi connectivity index (χ3n) is 4.47. The largest absolute Gasteiger partial charge is 0.420 e. The summed E-state index contributed by atoms with van der Waals surface area (Å²) in [5.41, 5.74) is 5.77. The standard InChI is InChI=1S/C21H20N4OS/c1-14-4-7-17(8-5-14)20-24-23-19(26-20)13-27-21-22-10-11-25(21)18-9-6-15(2)16(3)12-18/h4-12H,13H2,1-3H3. The second-order valence-corrected chi connectivity index (χ2v) is 7.45. The average molecular weight is 376 g/mol. The smallest absolute Gasteiger partial charge is 0.247 e. The van der Waals surface area contributed by atoms with Crippen LogP contribution in [0, 0.1) is 20.8 Å². The van der Waals surface area contributed by atoms with Crippen LogP contribution in [-0.2, 0) is 5.75 Å². The zero-order chi connectivity index (χ0) is 18.8. The maximum atomic E-state index is 5.81. The Kier molecular flexibility index (Phi) is 4.81. The highest BCUT2D eigenvalue weighted by Gasteiger charge is 2.12. The van der Waals surface area contributed by atoms with Crippen LogP contribution in [0.15, 0.2) is 64.4 Å². The molecule has 136 valence electrons. The lowest BCUT2D eigenvalue weighted by Gasteiger charge is -2.09. The number of nitrogens with zero attached hydrogens (tertiary/aromatic N) is 4. The fourth-order valence-electron chi connectivity index (χ4n) is 2.72. The molecular weight excluding hydrogens is 356 g/mol. The quantitative estimate of drug-likeness (QED) is 0.451. The number of hydrogen-bond donors (Lipinski definition) is 0. The number of imidazole rings is 1. The third-order valence-corrected chi connectivity index (χ3v) is 5.42. The van der Waals surface area contributed by atoms with Gasteiger partial charge in [-0.3, -0.25) is 4.57 Å². The number of hydrogen-bond acceptors (Lipinski definition) is 5. The van der Waals surface area contributed by atoms with Gasteiger partial charge in [-0.25, -0.2) is 4.98 Å². The molecule has 2 aromatic carbocycles. The fourth-order valence-corrected chi connectivity index (χ4v) is 3.53. The highest BCUT2D eigenvalue weighted by molar-refractivity contribution is 7.98. The lowest BCUT2D eigenvalue weighted by molar-refractivity contribution is 0.528. The molecule has 0 unspecified atom stereocenters. The van der Waals surface area contributed by atoms with Crippen molar-refractivity contribution in [1.82, 2.24) is 19.7 Å². The molecule has 0 saturated heterocycles. The van der Waals surface area contributed by atoms with Crippen molar-refractivity contribution in [3.63, 3.8) is 0 Å². The van der Waals surface area contributed by atoms with Crippen molar-refractivity contribution in [2.24, 2.45) is 0 Å². The van der Waals surface area contributed by atoms with Crippen molar-refractivity contribution < 1.29 is 4.42 Å². The van der Waals surface area contributed by atoms with Gasteiger partial charge in [0.2, 0.25) is 11.8 Å². The molecule has 0 atom stereocenters. The summed E-state index contributed by atoms with van der Waals surface area (Å²) in [6, 6.07) is 14.5. The molecule has 0 fully saturated rings. The van der Waals surface area contributed by atoms with Gasteiger partial charge in [0.1, 0.15) is 0 Å². The molecule has 0 saturated carbocycles. The minimum absolute atomic E-state index is 0.545. The summed E-state index contributed by atoms with van der Waals surface area (Å²) < 4.78 is 7.89. The number of benzene rings is 2. The lowest BCUT2D eigenvalue weighted by Crippen LogP contribution is -1.96. The van der Waals surface area contributed by atoms with Gasteiger partial charge >= 0.3 is 0 Å². The molecule has 0 radical (unpaired) electrons. The Morgan fingerprint density at radius 2 is 1.78 bits per heavy atom. The molecule has 0 N–H and O–H groups in total. The van der Waals surface area contributed by atoms with Crippen LogP contribution in [0.2, 0.25) is 0 Å². The van der Waals surface area contributed by atoms with Crippen molar-refractivity contribution in [2.75, 3.05) is 0 Å². The van der Waals surface area contributed by atoms with Gasteiger partial charge in [-0.1, -0.05) is 35.5 Å². The summed E-state index contributed by atoms with van der Waals surface area (Å²) in [5.74, 6) is 1.70. The molecule has 0 aliphatic carbocycles. The summed E-state index contributed by atoms with van der Waals surface area (Å²) in [6.07, 6.45) is 3.78. The predicted molar refractivity (Wildman–Crippen MR) is 107 cm³/mol. The van der Waals surface area contributed by atoms with E-state index < -0.39 is 0 Å². The van der Waals surface area contributed by atoms with Gasteiger partial charge in [-0.15, -0.1) is 10.2 Å². The molecule has 4 rings (SSSR count). The molecule has 0 bridgehead atoms. The van der Waals surface area contributed by atoms with Gasteiger partial charge in [0.25, 0.3) is 0 Å². The zero-order valence-corrected chi connectivity index (χ0v) is 16.3. The van der Waals surface area contributed by atoms with Crippen molar-refractivity contribution in [3.05, 3.63) is 77.4 Å². The van der Waals surface area contributed by atoms with Crippen molar-refractivity contribution in [1.29, 1.82) is 0 Å². The van der Waals surface area contributed by atoms with Crippen molar-refractivity contribution in [3.8, 4) is 17.1 Å². The van der Waals surface area contributed by atoms with Crippen LogP contribution in [0.4, 0.5) is 0 Å². The molecule has 0 spiro atoms. The molecule has 4 aromatic rings. The van der Waals surface area contributed by atoms with E-state index in [0.29, 0.717) is 17.5 Å². The molecule has 5 nitrogen and oxygen atoms in total.